The first kappa shape index (κ1) is 39.8. The molecule has 10 rings (SSSR count). The van der Waals surface area contributed by atoms with E-state index in [0.717, 1.165) is 41.6 Å². The van der Waals surface area contributed by atoms with Crippen molar-refractivity contribution in [1.82, 2.24) is 0 Å². The summed E-state index contributed by atoms with van der Waals surface area (Å²) in [5, 5.41) is 0. The molecule has 1 spiro atoms. The minimum atomic E-state index is -0.606. The van der Waals surface area contributed by atoms with Gasteiger partial charge in [0.1, 0.15) is 0 Å². The molecule has 0 heterocycles. The second kappa shape index (κ2) is 14.4. The van der Waals surface area contributed by atoms with Crippen molar-refractivity contribution in [3.8, 4) is 22.3 Å². The van der Waals surface area contributed by atoms with E-state index in [1.54, 1.807) is 0 Å². The Bertz CT molecular complexity index is 2930. The second-order valence-corrected chi connectivity index (χ2v) is 20.4. The van der Waals surface area contributed by atoms with Crippen LogP contribution in [0.25, 0.3) is 27.8 Å². The number of benzene rings is 5. The van der Waals surface area contributed by atoms with E-state index in [1.807, 2.05) is 6.07 Å². The highest BCUT2D eigenvalue weighted by Crippen LogP contribution is 2.60. The summed E-state index contributed by atoms with van der Waals surface area (Å²) in [6.45, 7) is 23.9. The Morgan fingerprint density at radius 1 is 0.629 bits per heavy atom. The van der Waals surface area contributed by atoms with E-state index < -0.39 is 5.41 Å². The fourth-order valence-electron chi connectivity index (χ4n) is 10.9. The van der Waals surface area contributed by atoms with Crippen molar-refractivity contribution in [3.63, 3.8) is 0 Å². The third-order valence-electron chi connectivity index (χ3n) is 14.2. The lowest BCUT2D eigenvalue weighted by Crippen LogP contribution is -2.33. The van der Waals surface area contributed by atoms with Crippen molar-refractivity contribution in [2.75, 3.05) is 4.90 Å². The molecule has 6 aromatic rings. The average molecular weight is 804 g/mol. The first-order chi connectivity index (χ1) is 29.7. The number of rotatable bonds is 4. The van der Waals surface area contributed by atoms with Crippen LogP contribution in [-0.2, 0) is 22.7 Å². The Hall–Kier alpha value is -6.36. The summed E-state index contributed by atoms with van der Waals surface area (Å²) >= 11 is 0. The van der Waals surface area contributed by atoms with Crippen LogP contribution < -0.4 is 4.90 Å². The van der Waals surface area contributed by atoms with Crippen molar-refractivity contribution in [3.05, 3.63) is 232 Å². The predicted molar refractivity (Wildman–Crippen MR) is 262 cm³/mol. The maximum atomic E-state index is 5.16. The molecule has 1 nitrogen and oxygen atoms in total. The average Bonchev–Trinajstić information content (AvgIpc) is 3.70. The quantitative estimate of drug-likeness (QED) is 0.172. The minimum Gasteiger partial charge on any atom is -0.314 e. The Morgan fingerprint density at radius 3 is 2.08 bits per heavy atom. The van der Waals surface area contributed by atoms with Gasteiger partial charge in [-0.25, -0.2) is 0 Å². The summed E-state index contributed by atoms with van der Waals surface area (Å²) in [6, 6.07) is 54.4. The molecule has 6 aromatic carbocycles. The molecule has 0 aromatic heterocycles. The summed E-state index contributed by atoms with van der Waals surface area (Å²) in [6.07, 6.45) is 12.4. The minimum absolute atomic E-state index is 0.0332. The molecule has 0 saturated carbocycles. The highest BCUT2D eigenvalue weighted by molar-refractivity contribution is 5.92. The summed E-state index contributed by atoms with van der Waals surface area (Å²) in [5.41, 5.74) is 22.2. The number of hydrogen-bond acceptors (Lipinski definition) is 1. The SMILES string of the molecule is C=C1/C=C(C(C)(C)C)\C=C/Cc2ccc(C(C)(C)C)cc2C12C1=C(CCC(N(c3ccc4c(c3)C(C)(C)c3ccccc3-4)c3ccccc3-c3c#cccc3)=C1)c1ccccc12. The number of nitrogens with zero attached hydrogens (tertiary/aromatic N) is 1. The van der Waals surface area contributed by atoms with Crippen molar-refractivity contribution in [1.29, 1.82) is 0 Å². The zero-order valence-corrected chi connectivity index (χ0v) is 37.7. The molecule has 0 fully saturated rings. The van der Waals surface area contributed by atoms with Gasteiger partial charge in [-0.05, 0) is 139 Å². The Kier molecular flexibility index (Phi) is 9.21. The van der Waals surface area contributed by atoms with Crippen LogP contribution in [0.2, 0.25) is 0 Å². The summed E-state index contributed by atoms with van der Waals surface area (Å²) < 4.78 is 0. The third kappa shape index (κ3) is 6.14. The third-order valence-corrected chi connectivity index (χ3v) is 14.2. The fraction of sp³-hybridized carbons (Fsp3) is 0.246. The molecule has 4 aliphatic rings. The molecule has 1 unspecified atom stereocenters. The largest absolute Gasteiger partial charge is 0.314 e. The predicted octanol–water partition coefficient (Wildman–Crippen LogP) is 15.8. The number of anilines is 2. The second-order valence-electron chi connectivity index (χ2n) is 20.4. The van der Waals surface area contributed by atoms with Crippen LogP contribution in [0.1, 0.15) is 107 Å². The van der Waals surface area contributed by atoms with Crippen LogP contribution in [0.4, 0.5) is 11.4 Å². The maximum absolute atomic E-state index is 5.16. The summed E-state index contributed by atoms with van der Waals surface area (Å²) in [5.74, 6) is 0. The normalized spacial score (nSPS) is 20.0. The lowest BCUT2D eigenvalue weighted by molar-refractivity contribution is 0.515. The van der Waals surface area contributed by atoms with Crippen molar-refractivity contribution >= 4 is 16.9 Å². The highest BCUT2D eigenvalue weighted by atomic mass is 15.2. The van der Waals surface area contributed by atoms with E-state index in [0.29, 0.717) is 0 Å². The molecular formula is C61H57N. The standard InChI is InChI=1S/C61H57N/c1-40-36-43(58(2,3)4)23-19-22-42-30-31-44(59(5,6)7)37-54(42)61(40)53-28-17-14-26-49(53)51-35-33-46(39-56(51)61)62(57-29-18-15-24-47(57)41-20-11-10-12-21-41)45-32-34-50-48-25-13-16-27-52(48)60(8,9)55(50)38-45/h10-11,13-20,23-32,34,36-39H,1,22,33,35H2,2-9H3/b23-19-,43-36+. The molecule has 0 aliphatic heterocycles. The molecular weight excluding hydrogens is 747 g/mol. The number of allylic oxidation sites excluding steroid dienone is 9. The van der Waals surface area contributed by atoms with Gasteiger partial charge in [-0.1, -0.05) is 189 Å². The van der Waals surface area contributed by atoms with Crippen LogP contribution in [0.3, 0.4) is 0 Å². The lowest BCUT2D eigenvalue weighted by atomic mass is 9.63. The van der Waals surface area contributed by atoms with E-state index in [-0.39, 0.29) is 16.2 Å². The Morgan fingerprint density at radius 2 is 1.34 bits per heavy atom. The number of fused-ring (bicyclic) bond motifs is 9. The topological polar surface area (TPSA) is 3.24 Å². The first-order valence-corrected chi connectivity index (χ1v) is 22.5. The van der Waals surface area contributed by atoms with E-state index in [4.69, 9.17) is 6.58 Å². The van der Waals surface area contributed by atoms with Gasteiger partial charge in [0.05, 0.1) is 11.1 Å². The van der Waals surface area contributed by atoms with Gasteiger partial charge < -0.3 is 4.90 Å². The molecule has 1 atom stereocenters. The van der Waals surface area contributed by atoms with Crippen LogP contribution in [0, 0.1) is 17.5 Å². The van der Waals surface area contributed by atoms with Crippen LogP contribution in [-0.4, -0.2) is 0 Å². The van der Waals surface area contributed by atoms with Gasteiger partial charge in [0.2, 0.25) is 0 Å². The monoisotopic (exact) mass is 803 g/mol. The molecule has 0 bridgehead atoms. The van der Waals surface area contributed by atoms with Gasteiger partial charge in [-0.15, -0.1) is 0 Å². The van der Waals surface area contributed by atoms with Crippen molar-refractivity contribution in [2.24, 2.45) is 5.41 Å². The van der Waals surface area contributed by atoms with Gasteiger partial charge in [0, 0.05) is 27.9 Å². The highest BCUT2D eigenvalue weighted by Gasteiger charge is 2.50. The number of hydrogen-bond donors (Lipinski definition) is 0. The maximum Gasteiger partial charge on any atom is 0.0708 e. The fourth-order valence-corrected chi connectivity index (χ4v) is 10.9. The van der Waals surface area contributed by atoms with Crippen molar-refractivity contribution in [2.45, 2.75) is 90.9 Å². The molecule has 0 amide bonds. The molecule has 0 saturated heterocycles. The molecule has 1 heteroatoms. The van der Waals surface area contributed by atoms with Crippen LogP contribution in [0.15, 0.2) is 181 Å². The van der Waals surface area contributed by atoms with E-state index in [9.17, 15) is 0 Å². The van der Waals surface area contributed by atoms with Gasteiger partial charge in [-0.3, -0.25) is 0 Å². The van der Waals surface area contributed by atoms with Gasteiger partial charge in [0.25, 0.3) is 0 Å². The van der Waals surface area contributed by atoms with Gasteiger partial charge >= 0.3 is 0 Å². The van der Waals surface area contributed by atoms with Crippen LogP contribution >= 0.6 is 0 Å². The van der Waals surface area contributed by atoms with E-state index in [2.05, 4.69) is 218 Å². The zero-order chi connectivity index (χ0) is 43.2. The molecule has 62 heavy (non-hydrogen) atoms. The molecule has 0 radical (unpaired) electrons. The summed E-state index contributed by atoms with van der Waals surface area (Å²) in [7, 11) is 0. The van der Waals surface area contributed by atoms with E-state index in [1.165, 1.54) is 78.2 Å². The van der Waals surface area contributed by atoms with E-state index >= 15 is 0 Å². The summed E-state index contributed by atoms with van der Waals surface area (Å²) in [4.78, 5) is 2.57. The Labute approximate surface area is 370 Å². The van der Waals surface area contributed by atoms with Crippen molar-refractivity contribution < 1.29 is 0 Å². The molecule has 0 N–H and O–H groups in total. The van der Waals surface area contributed by atoms with Gasteiger partial charge in [-0.2, -0.15) is 0 Å². The number of para-hydroxylation sites is 1. The first-order valence-electron chi connectivity index (χ1n) is 22.5. The zero-order valence-electron chi connectivity index (χ0n) is 37.7. The lowest BCUT2D eigenvalue weighted by Gasteiger charge is -2.40. The molecule has 306 valence electrons. The smallest absolute Gasteiger partial charge is 0.0708 e. The van der Waals surface area contributed by atoms with Gasteiger partial charge in [0.15, 0.2) is 0 Å². The van der Waals surface area contributed by atoms with Crippen LogP contribution in [0.5, 0.6) is 0 Å². The molecule has 4 aliphatic carbocycles. The Balaban J connectivity index is 1.27.